The highest BCUT2D eigenvalue weighted by atomic mass is 32.2. The first kappa shape index (κ1) is 18.4. The highest BCUT2D eigenvalue weighted by molar-refractivity contribution is 7.77. The molecule has 2 rings (SSSR count). The Labute approximate surface area is 146 Å². The Bertz CT molecular complexity index is 700. The van der Waals surface area contributed by atoms with Gasteiger partial charge in [-0.05, 0) is 63.6 Å². The SMILES string of the molecule is CCN(CC)c1ccc(N(NS(=O)O)c2ccc(C)cc2)c(C)c1. The van der Waals surface area contributed by atoms with Crippen LogP contribution < -0.4 is 14.7 Å². The van der Waals surface area contributed by atoms with Gasteiger partial charge in [-0.1, -0.05) is 17.7 Å². The minimum Gasteiger partial charge on any atom is -0.372 e. The molecule has 1 unspecified atom stereocenters. The molecule has 6 heteroatoms. The van der Waals surface area contributed by atoms with Crippen LogP contribution in [-0.4, -0.2) is 21.9 Å². The third-order valence-corrected chi connectivity index (χ3v) is 4.35. The van der Waals surface area contributed by atoms with E-state index in [4.69, 9.17) is 0 Å². The molecule has 0 heterocycles. The van der Waals surface area contributed by atoms with Crippen molar-refractivity contribution < 1.29 is 8.76 Å². The zero-order chi connectivity index (χ0) is 17.7. The zero-order valence-electron chi connectivity index (χ0n) is 14.6. The molecule has 0 aliphatic heterocycles. The van der Waals surface area contributed by atoms with Crippen LogP contribution in [0.15, 0.2) is 42.5 Å². The van der Waals surface area contributed by atoms with E-state index < -0.39 is 11.3 Å². The van der Waals surface area contributed by atoms with Gasteiger partial charge < -0.3 is 4.90 Å². The smallest absolute Gasteiger partial charge is 0.250 e. The lowest BCUT2D eigenvalue weighted by atomic mass is 10.1. The van der Waals surface area contributed by atoms with Crippen molar-refractivity contribution in [3.8, 4) is 0 Å². The lowest BCUT2D eigenvalue weighted by Gasteiger charge is -2.27. The Morgan fingerprint density at radius 1 is 1.00 bits per heavy atom. The second kappa shape index (κ2) is 8.28. The van der Waals surface area contributed by atoms with Crippen molar-refractivity contribution in [2.45, 2.75) is 27.7 Å². The number of rotatable bonds is 7. The van der Waals surface area contributed by atoms with E-state index in [0.29, 0.717) is 0 Å². The number of benzene rings is 2. The van der Waals surface area contributed by atoms with E-state index in [2.05, 4.69) is 29.6 Å². The average Bonchev–Trinajstić information content (AvgIpc) is 2.55. The highest BCUT2D eigenvalue weighted by Crippen LogP contribution is 2.30. The third-order valence-electron chi connectivity index (χ3n) is 4.01. The second-order valence-corrected chi connectivity index (χ2v) is 6.34. The van der Waals surface area contributed by atoms with Gasteiger partial charge in [-0.15, -0.1) is 4.83 Å². The predicted molar refractivity (Wildman–Crippen MR) is 102 cm³/mol. The minimum atomic E-state index is -2.16. The van der Waals surface area contributed by atoms with E-state index >= 15 is 0 Å². The molecule has 0 bridgehead atoms. The Hall–Kier alpha value is -1.89. The van der Waals surface area contributed by atoms with Gasteiger partial charge >= 0.3 is 0 Å². The topological polar surface area (TPSA) is 55.8 Å². The summed E-state index contributed by atoms with van der Waals surface area (Å²) in [6.07, 6.45) is 0. The predicted octanol–water partition coefficient (Wildman–Crippen LogP) is 3.93. The molecule has 0 spiro atoms. The lowest BCUT2D eigenvalue weighted by Crippen LogP contribution is -2.35. The molecule has 0 radical (unpaired) electrons. The van der Waals surface area contributed by atoms with Crippen molar-refractivity contribution >= 4 is 28.3 Å². The molecule has 5 nitrogen and oxygen atoms in total. The van der Waals surface area contributed by atoms with Gasteiger partial charge in [0.25, 0.3) is 11.3 Å². The van der Waals surface area contributed by atoms with Crippen molar-refractivity contribution in [3.63, 3.8) is 0 Å². The van der Waals surface area contributed by atoms with Gasteiger partial charge in [0.1, 0.15) is 0 Å². The van der Waals surface area contributed by atoms with Crippen molar-refractivity contribution in [1.82, 2.24) is 4.83 Å². The fourth-order valence-corrected chi connectivity index (χ4v) is 3.05. The van der Waals surface area contributed by atoms with Gasteiger partial charge in [0, 0.05) is 18.8 Å². The Kier molecular flexibility index (Phi) is 6.36. The molecule has 0 aliphatic rings. The van der Waals surface area contributed by atoms with E-state index in [-0.39, 0.29) is 0 Å². The van der Waals surface area contributed by atoms with Crippen LogP contribution in [0.4, 0.5) is 17.1 Å². The van der Waals surface area contributed by atoms with Gasteiger partial charge in [-0.2, -0.15) is 0 Å². The maximum absolute atomic E-state index is 11.4. The summed E-state index contributed by atoms with van der Waals surface area (Å²) in [6, 6.07) is 13.9. The number of aryl methyl sites for hydroxylation is 2. The lowest BCUT2D eigenvalue weighted by molar-refractivity contribution is 0.550. The summed E-state index contributed by atoms with van der Waals surface area (Å²) in [5.41, 5.74) is 4.96. The number of hydrogen-bond acceptors (Lipinski definition) is 3. The number of nitrogens with zero attached hydrogens (tertiary/aromatic N) is 2. The van der Waals surface area contributed by atoms with Crippen molar-refractivity contribution in [2.24, 2.45) is 0 Å². The molecule has 24 heavy (non-hydrogen) atoms. The second-order valence-electron chi connectivity index (χ2n) is 5.65. The molecule has 0 saturated heterocycles. The van der Waals surface area contributed by atoms with E-state index in [9.17, 15) is 8.76 Å². The van der Waals surface area contributed by atoms with Crippen molar-refractivity contribution in [1.29, 1.82) is 0 Å². The summed E-state index contributed by atoms with van der Waals surface area (Å²) >= 11 is -2.16. The molecule has 2 aromatic carbocycles. The van der Waals surface area contributed by atoms with Crippen LogP contribution in [0.3, 0.4) is 0 Å². The molecule has 0 saturated carbocycles. The van der Waals surface area contributed by atoms with Gasteiger partial charge in [0.05, 0.1) is 11.4 Å². The van der Waals surface area contributed by atoms with Crippen LogP contribution in [0.25, 0.3) is 0 Å². The summed E-state index contributed by atoms with van der Waals surface area (Å²) < 4.78 is 20.7. The maximum Gasteiger partial charge on any atom is 0.250 e. The van der Waals surface area contributed by atoms with E-state index in [0.717, 1.165) is 41.3 Å². The first-order chi connectivity index (χ1) is 11.5. The van der Waals surface area contributed by atoms with Crippen LogP contribution in [0.1, 0.15) is 25.0 Å². The van der Waals surface area contributed by atoms with Gasteiger partial charge in [0.2, 0.25) is 0 Å². The van der Waals surface area contributed by atoms with Crippen molar-refractivity contribution in [2.75, 3.05) is 23.0 Å². The monoisotopic (exact) mass is 347 g/mol. The van der Waals surface area contributed by atoms with Gasteiger partial charge in [0.15, 0.2) is 0 Å². The van der Waals surface area contributed by atoms with Gasteiger partial charge in [-0.3, -0.25) is 9.56 Å². The summed E-state index contributed by atoms with van der Waals surface area (Å²) in [5.74, 6) is 0. The number of nitrogens with one attached hydrogen (secondary N) is 1. The van der Waals surface area contributed by atoms with E-state index in [1.165, 1.54) is 0 Å². The quantitative estimate of drug-likeness (QED) is 0.589. The van der Waals surface area contributed by atoms with Crippen LogP contribution in [0.2, 0.25) is 0 Å². The number of hydrazine groups is 1. The maximum atomic E-state index is 11.4. The first-order valence-electron chi connectivity index (χ1n) is 8.05. The molecule has 0 amide bonds. The summed E-state index contributed by atoms with van der Waals surface area (Å²) in [6.45, 7) is 10.1. The standard InChI is InChI=1S/C18H25N3O2S/c1-5-20(6-2)17-11-12-18(15(4)13-17)21(19-24(22)23)16-9-7-14(3)8-10-16/h7-13,19H,5-6H2,1-4H3,(H,22,23). The molecule has 2 N–H and O–H groups in total. The molecule has 130 valence electrons. The summed E-state index contributed by atoms with van der Waals surface area (Å²) in [4.78, 5) is 4.87. The molecule has 0 aromatic heterocycles. The molecular weight excluding hydrogens is 322 g/mol. The minimum absolute atomic E-state index is 0.807. The van der Waals surface area contributed by atoms with Crippen LogP contribution in [0.5, 0.6) is 0 Å². The zero-order valence-corrected chi connectivity index (χ0v) is 15.4. The molecule has 0 fully saturated rings. The highest BCUT2D eigenvalue weighted by Gasteiger charge is 2.15. The molecule has 1 atom stereocenters. The van der Waals surface area contributed by atoms with Crippen LogP contribution in [-0.2, 0) is 11.3 Å². The van der Waals surface area contributed by atoms with E-state index in [1.54, 1.807) is 5.01 Å². The Morgan fingerprint density at radius 2 is 1.58 bits per heavy atom. The van der Waals surface area contributed by atoms with Crippen LogP contribution in [0, 0.1) is 13.8 Å². The largest absolute Gasteiger partial charge is 0.372 e. The van der Waals surface area contributed by atoms with Gasteiger partial charge in [-0.25, -0.2) is 4.21 Å². The van der Waals surface area contributed by atoms with Crippen molar-refractivity contribution in [3.05, 3.63) is 53.6 Å². The number of anilines is 3. The van der Waals surface area contributed by atoms with E-state index in [1.807, 2.05) is 50.2 Å². The molecular formula is C18H25N3O2S. The van der Waals surface area contributed by atoms with Crippen LogP contribution >= 0.6 is 0 Å². The third kappa shape index (κ3) is 4.35. The fraction of sp³-hybridized carbons (Fsp3) is 0.333. The summed E-state index contributed by atoms with van der Waals surface area (Å²) in [7, 11) is 0. The Balaban J connectivity index is 2.42. The number of hydrogen-bond donors (Lipinski definition) is 2. The normalized spacial score (nSPS) is 12.0. The summed E-state index contributed by atoms with van der Waals surface area (Å²) in [5, 5.41) is 1.65. The fourth-order valence-electron chi connectivity index (χ4n) is 2.69. The first-order valence-corrected chi connectivity index (χ1v) is 9.16. The average molecular weight is 347 g/mol. The molecule has 2 aromatic rings. The molecule has 0 aliphatic carbocycles. The Morgan fingerprint density at radius 3 is 2.08 bits per heavy atom.